The van der Waals surface area contributed by atoms with Crippen molar-refractivity contribution in [1.29, 1.82) is 0 Å². The molecule has 0 unspecified atom stereocenters. The summed E-state index contributed by atoms with van der Waals surface area (Å²) in [7, 11) is 0. The van der Waals surface area contributed by atoms with Gasteiger partial charge in [-0.05, 0) is 44.4 Å². The van der Waals surface area contributed by atoms with Crippen molar-refractivity contribution in [3.63, 3.8) is 0 Å². The molecule has 0 radical (unpaired) electrons. The van der Waals surface area contributed by atoms with Gasteiger partial charge in [-0.15, -0.1) is 0 Å². The molecule has 3 aliphatic rings. The van der Waals surface area contributed by atoms with Gasteiger partial charge < -0.3 is 9.47 Å². The van der Waals surface area contributed by atoms with E-state index in [9.17, 15) is 0 Å². The van der Waals surface area contributed by atoms with Crippen LogP contribution in [0.1, 0.15) is 19.8 Å². The molecule has 0 spiro atoms. The van der Waals surface area contributed by atoms with Gasteiger partial charge in [0.05, 0.1) is 12.7 Å². The maximum atomic E-state index is 5.96. The van der Waals surface area contributed by atoms with Crippen LogP contribution in [0.4, 0.5) is 0 Å². The van der Waals surface area contributed by atoms with E-state index in [1.165, 1.54) is 10.0 Å². The lowest BCUT2D eigenvalue weighted by Gasteiger charge is -2.30. The van der Waals surface area contributed by atoms with Crippen LogP contribution in [0.15, 0.2) is 9.66 Å². The Morgan fingerprint density at radius 2 is 2.36 bits per heavy atom. The summed E-state index contributed by atoms with van der Waals surface area (Å²) in [5, 5.41) is 0. The Morgan fingerprint density at radius 1 is 1.50 bits per heavy atom. The number of halogens is 1. The molecule has 2 aliphatic heterocycles. The van der Waals surface area contributed by atoms with Crippen molar-refractivity contribution in [2.45, 2.75) is 32.2 Å². The average molecular weight is 306 g/mol. The molecule has 3 rings (SSSR count). The Balaban J connectivity index is 1.87. The van der Waals surface area contributed by atoms with Gasteiger partial charge in [0.2, 0.25) is 0 Å². The van der Waals surface area contributed by atoms with Gasteiger partial charge in [-0.1, -0.05) is 13.0 Å². The molecular formula is C11H15IO2. The third-order valence-electron chi connectivity index (χ3n) is 3.76. The summed E-state index contributed by atoms with van der Waals surface area (Å²) >= 11 is 2.43. The molecule has 0 aromatic rings. The smallest absolute Gasteiger partial charge is 0.161 e. The van der Waals surface area contributed by atoms with E-state index >= 15 is 0 Å². The van der Waals surface area contributed by atoms with Crippen molar-refractivity contribution in [1.82, 2.24) is 0 Å². The highest BCUT2D eigenvalue weighted by molar-refractivity contribution is 14.1. The molecule has 0 aromatic carbocycles. The van der Waals surface area contributed by atoms with E-state index in [4.69, 9.17) is 9.47 Å². The minimum atomic E-state index is 0.114. The summed E-state index contributed by atoms with van der Waals surface area (Å²) in [5.41, 5.74) is 0. The summed E-state index contributed by atoms with van der Waals surface area (Å²) in [6.07, 6.45) is 5.25. The van der Waals surface area contributed by atoms with Crippen LogP contribution < -0.4 is 0 Å². The second-order valence-electron chi connectivity index (χ2n) is 4.62. The van der Waals surface area contributed by atoms with Crippen LogP contribution in [0.3, 0.4) is 0 Å². The first kappa shape index (κ1) is 9.60. The molecule has 0 amide bonds. The zero-order chi connectivity index (χ0) is 9.71. The quantitative estimate of drug-likeness (QED) is 0.641. The van der Waals surface area contributed by atoms with Gasteiger partial charge >= 0.3 is 0 Å². The highest BCUT2D eigenvalue weighted by atomic mass is 127. The summed E-state index contributed by atoms with van der Waals surface area (Å²) < 4.78 is 13.0. The predicted octanol–water partition coefficient (Wildman–Crippen LogP) is 2.72. The van der Waals surface area contributed by atoms with Gasteiger partial charge in [0.25, 0.3) is 0 Å². The van der Waals surface area contributed by atoms with E-state index in [0.29, 0.717) is 23.9 Å². The fourth-order valence-corrected chi connectivity index (χ4v) is 4.20. The van der Waals surface area contributed by atoms with Crippen LogP contribution in [0, 0.1) is 17.8 Å². The average Bonchev–Trinajstić information content (AvgIpc) is 2.60. The molecule has 2 fully saturated rings. The first-order chi connectivity index (χ1) is 6.75. The molecule has 0 saturated carbocycles. The zero-order valence-corrected chi connectivity index (χ0v) is 10.4. The first-order valence-electron chi connectivity index (χ1n) is 5.39. The predicted molar refractivity (Wildman–Crippen MR) is 62.1 cm³/mol. The Labute approximate surface area is 98.2 Å². The maximum absolute atomic E-state index is 5.96. The van der Waals surface area contributed by atoms with E-state index in [0.717, 1.165) is 13.0 Å². The van der Waals surface area contributed by atoms with E-state index in [-0.39, 0.29) is 6.29 Å². The van der Waals surface area contributed by atoms with E-state index in [1.807, 2.05) is 0 Å². The Kier molecular flexibility index (Phi) is 2.37. The Bertz CT molecular complexity index is 276. The van der Waals surface area contributed by atoms with Gasteiger partial charge in [-0.2, -0.15) is 0 Å². The van der Waals surface area contributed by atoms with Gasteiger partial charge in [0.15, 0.2) is 6.29 Å². The fourth-order valence-electron chi connectivity index (χ4n) is 3.20. The number of ether oxygens (including phenoxy) is 2. The highest BCUT2D eigenvalue weighted by Gasteiger charge is 2.50. The second kappa shape index (κ2) is 3.46. The lowest BCUT2D eigenvalue weighted by molar-refractivity contribution is -0.117. The summed E-state index contributed by atoms with van der Waals surface area (Å²) in [6, 6.07) is 0. The van der Waals surface area contributed by atoms with Gasteiger partial charge in [0.1, 0.15) is 0 Å². The molecule has 5 atom stereocenters. The van der Waals surface area contributed by atoms with Crippen molar-refractivity contribution in [3.8, 4) is 0 Å². The van der Waals surface area contributed by atoms with E-state index in [2.05, 4.69) is 35.6 Å². The molecule has 2 saturated heterocycles. The van der Waals surface area contributed by atoms with Crippen molar-refractivity contribution >= 4 is 22.6 Å². The van der Waals surface area contributed by atoms with Crippen LogP contribution in [-0.4, -0.2) is 19.0 Å². The SMILES string of the molecule is C[C@H]1C=C(I)C[C@H]2O[C@H]3OCC[C@H]3[C@H]12. The van der Waals surface area contributed by atoms with Crippen molar-refractivity contribution in [3.05, 3.63) is 9.66 Å². The van der Waals surface area contributed by atoms with Crippen LogP contribution in [-0.2, 0) is 9.47 Å². The van der Waals surface area contributed by atoms with Crippen LogP contribution in [0.2, 0.25) is 0 Å². The molecule has 2 heterocycles. The third-order valence-corrected chi connectivity index (χ3v) is 4.56. The lowest BCUT2D eigenvalue weighted by atomic mass is 9.76. The topological polar surface area (TPSA) is 18.5 Å². The molecule has 0 aromatic heterocycles. The summed E-state index contributed by atoms with van der Waals surface area (Å²) in [5.74, 6) is 2.04. The molecule has 14 heavy (non-hydrogen) atoms. The largest absolute Gasteiger partial charge is 0.352 e. The minimum Gasteiger partial charge on any atom is -0.352 e. The molecule has 2 nitrogen and oxygen atoms in total. The first-order valence-corrected chi connectivity index (χ1v) is 6.47. The summed E-state index contributed by atoms with van der Waals surface area (Å²) in [4.78, 5) is 0. The highest BCUT2D eigenvalue weighted by Crippen LogP contribution is 2.48. The van der Waals surface area contributed by atoms with Gasteiger partial charge in [-0.25, -0.2) is 0 Å². The van der Waals surface area contributed by atoms with Gasteiger partial charge in [0, 0.05) is 12.3 Å². The summed E-state index contributed by atoms with van der Waals surface area (Å²) in [6.45, 7) is 3.21. The monoisotopic (exact) mass is 306 g/mol. The van der Waals surface area contributed by atoms with E-state index < -0.39 is 0 Å². The molecule has 0 N–H and O–H groups in total. The van der Waals surface area contributed by atoms with Gasteiger partial charge in [-0.3, -0.25) is 0 Å². The zero-order valence-electron chi connectivity index (χ0n) is 8.28. The van der Waals surface area contributed by atoms with E-state index in [1.54, 1.807) is 0 Å². The minimum absolute atomic E-state index is 0.114. The van der Waals surface area contributed by atoms with Crippen molar-refractivity contribution < 1.29 is 9.47 Å². The molecule has 1 aliphatic carbocycles. The van der Waals surface area contributed by atoms with Crippen LogP contribution in [0.5, 0.6) is 0 Å². The lowest BCUT2D eigenvalue weighted by Crippen LogP contribution is -2.29. The molecule has 0 bridgehead atoms. The van der Waals surface area contributed by atoms with Crippen molar-refractivity contribution in [2.24, 2.45) is 17.8 Å². The van der Waals surface area contributed by atoms with Crippen LogP contribution >= 0.6 is 22.6 Å². The number of rotatable bonds is 0. The standard InChI is InChI=1S/C11H15IO2/c1-6-4-7(12)5-9-10(6)8-2-3-13-11(8)14-9/h4,6,8-11H,2-3,5H2,1H3/t6-,8-,9+,10-,11+/m0/s1. The molecular weight excluding hydrogens is 291 g/mol. The Morgan fingerprint density at radius 3 is 3.21 bits per heavy atom. The van der Waals surface area contributed by atoms with Crippen LogP contribution in [0.25, 0.3) is 0 Å². The molecule has 3 heteroatoms. The number of allylic oxidation sites excluding steroid dienone is 1. The normalized spacial score (nSPS) is 51.3. The fraction of sp³-hybridized carbons (Fsp3) is 0.818. The number of fused-ring (bicyclic) bond motifs is 3. The maximum Gasteiger partial charge on any atom is 0.161 e. The molecule has 78 valence electrons. The second-order valence-corrected chi connectivity index (χ2v) is 6.01. The van der Waals surface area contributed by atoms with Crippen molar-refractivity contribution in [2.75, 3.05) is 6.61 Å². The third kappa shape index (κ3) is 1.36. The Hall–Kier alpha value is 0.390. The number of hydrogen-bond acceptors (Lipinski definition) is 2. The number of hydrogen-bond donors (Lipinski definition) is 0.